The van der Waals surface area contributed by atoms with E-state index in [1.54, 1.807) is 13.2 Å². The van der Waals surface area contributed by atoms with Gasteiger partial charge < -0.3 is 14.6 Å². The minimum Gasteiger partial charge on any atom is -0.464 e. The minimum atomic E-state index is 0.0862. The number of hydrogen-bond donors (Lipinski definition) is 1. The lowest BCUT2D eigenvalue weighted by molar-refractivity contribution is -0.119. The number of carbonyl (C=O) groups is 1. The molecule has 0 spiro atoms. The van der Waals surface area contributed by atoms with Crippen LogP contribution in [0.3, 0.4) is 0 Å². The normalized spacial score (nSPS) is 21.9. The minimum absolute atomic E-state index is 0.0862. The van der Waals surface area contributed by atoms with Crippen LogP contribution in [0.5, 0.6) is 0 Å². The molecule has 3 heterocycles. The standard InChI is InChI=1S/C21H27N3O2/c1-16(25)22-18-7-10-24(15-18)19-8-11-23(12-9-19)20-5-2-4-17(14-20)21-6-3-13-26-21/h2-6,13-14,18-19H,7-12,15H2,1H3,(H,22,25)/t18-/m0/s1. The Morgan fingerprint density at radius 1 is 1.12 bits per heavy atom. The Labute approximate surface area is 155 Å². The topological polar surface area (TPSA) is 48.7 Å². The molecule has 1 atom stereocenters. The summed E-state index contributed by atoms with van der Waals surface area (Å²) in [6.45, 7) is 5.86. The van der Waals surface area contributed by atoms with Gasteiger partial charge in [0.2, 0.25) is 5.91 Å². The highest BCUT2D eigenvalue weighted by Gasteiger charge is 2.31. The van der Waals surface area contributed by atoms with Gasteiger partial charge in [-0.05, 0) is 43.5 Å². The van der Waals surface area contributed by atoms with Crippen LogP contribution in [0, 0.1) is 0 Å². The first-order chi connectivity index (χ1) is 12.7. The van der Waals surface area contributed by atoms with Crippen LogP contribution >= 0.6 is 0 Å². The summed E-state index contributed by atoms with van der Waals surface area (Å²) in [5.41, 5.74) is 2.40. The predicted octanol–water partition coefficient (Wildman–Crippen LogP) is 3.13. The van der Waals surface area contributed by atoms with Gasteiger partial charge in [-0.2, -0.15) is 0 Å². The number of amides is 1. The molecule has 0 unspecified atom stereocenters. The van der Waals surface area contributed by atoms with Crippen molar-refractivity contribution in [2.45, 2.75) is 38.3 Å². The molecule has 2 saturated heterocycles. The molecule has 4 rings (SSSR count). The Kier molecular flexibility index (Phi) is 4.98. The van der Waals surface area contributed by atoms with Crippen molar-refractivity contribution < 1.29 is 9.21 Å². The van der Waals surface area contributed by atoms with E-state index in [4.69, 9.17) is 4.42 Å². The molecule has 0 bridgehead atoms. The highest BCUT2D eigenvalue weighted by Crippen LogP contribution is 2.28. The smallest absolute Gasteiger partial charge is 0.217 e. The van der Waals surface area contributed by atoms with Crippen molar-refractivity contribution in [1.29, 1.82) is 0 Å². The Hall–Kier alpha value is -2.27. The number of rotatable bonds is 4. The third-order valence-corrected chi connectivity index (χ3v) is 5.62. The van der Waals surface area contributed by atoms with E-state index < -0.39 is 0 Å². The van der Waals surface area contributed by atoms with Crippen LogP contribution in [0.2, 0.25) is 0 Å². The van der Waals surface area contributed by atoms with Gasteiger partial charge in [0.1, 0.15) is 5.76 Å². The van der Waals surface area contributed by atoms with E-state index in [2.05, 4.69) is 39.4 Å². The maximum Gasteiger partial charge on any atom is 0.217 e. The monoisotopic (exact) mass is 353 g/mol. The number of benzene rings is 1. The molecule has 0 radical (unpaired) electrons. The molecule has 1 amide bonds. The van der Waals surface area contributed by atoms with Crippen molar-refractivity contribution >= 4 is 11.6 Å². The molecule has 2 aliphatic rings. The SMILES string of the molecule is CC(=O)N[C@H]1CCN(C2CCN(c3cccc(-c4ccco4)c3)CC2)C1. The van der Waals surface area contributed by atoms with Gasteiger partial charge in [0.05, 0.1) is 6.26 Å². The zero-order valence-electron chi connectivity index (χ0n) is 15.4. The summed E-state index contributed by atoms with van der Waals surface area (Å²) in [5.74, 6) is 1.01. The summed E-state index contributed by atoms with van der Waals surface area (Å²) in [4.78, 5) is 16.3. The number of hydrogen-bond acceptors (Lipinski definition) is 4. The molecule has 0 saturated carbocycles. The third-order valence-electron chi connectivity index (χ3n) is 5.62. The molecule has 1 N–H and O–H groups in total. The van der Waals surface area contributed by atoms with Crippen molar-refractivity contribution in [3.8, 4) is 11.3 Å². The van der Waals surface area contributed by atoms with Crippen molar-refractivity contribution in [3.63, 3.8) is 0 Å². The zero-order valence-corrected chi connectivity index (χ0v) is 15.4. The van der Waals surface area contributed by atoms with E-state index >= 15 is 0 Å². The fourth-order valence-corrected chi connectivity index (χ4v) is 4.31. The molecule has 5 nitrogen and oxygen atoms in total. The largest absolute Gasteiger partial charge is 0.464 e. The number of nitrogens with zero attached hydrogens (tertiary/aromatic N) is 2. The quantitative estimate of drug-likeness (QED) is 0.917. The van der Waals surface area contributed by atoms with Crippen LogP contribution < -0.4 is 10.2 Å². The van der Waals surface area contributed by atoms with Crippen LogP contribution in [0.1, 0.15) is 26.2 Å². The lowest BCUT2D eigenvalue weighted by Gasteiger charge is -2.38. The summed E-state index contributed by atoms with van der Waals surface area (Å²) in [6.07, 6.45) is 5.15. The van der Waals surface area contributed by atoms with Gasteiger partial charge in [-0.25, -0.2) is 0 Å². The summed E-state index contributed by atoms with van der Waals surface area (Å²) in [5, 5.41) is 3.07. The number of nitrogens with one attached hydrogen (secondary N) is 1. The third kappa shape index (κ3) is 3.78. The van der Waals surface area contributed by atoms with Crippen LogP contribution in [0.15, 0.2) is 47.1 Å². The second-order valence-electron chi connectivity index (χ2n) is 7.43. The Balaban J connectivity index is 1.34. The van der Waals surface area contributed by atoms with Crippen LogP contribution in [-0.2, 0) is 4.79 Å². The maximum absolute atomic E-state index is 11.3. The van der Waals surface area contributed by atoms with Gasteiger partial charge in [0.15, 0.2) is 0 Å². The molecule has 5 heteroatoms. The highest BCUT2D eigenvalue weighted by molar-refractivity contribution is 5.73. The van der Waals surface area contributed by atoms with Gasteiger partial charge in [-0.1, -0.05) is 12.1 Å². The van der Waals surface area contributed by atoms with Crippen LogP contribution in [0.4, 0.5) is 5.69 Å². The maximum atomic E-state index is 11.3. The van der Waals surface area contributed by atoms with Gasteiger partial charge in [-0.15, -0.1) is 0 Å². The zero-order chi connectivity index (χ0) is 17.9. The first-order valence-electron chi connectivity index (χ1n) is 9.59. The lowest BCUT2D eigenvalue weighted by atomic mass is 10.0. The van der Waals surface area contributed by atoms with Gasteiger partial charge in [0, 0.05) is 56.4 Å². The van der Waals surface area contributed by atoms with E-state index in [9.17, 15) is 4.79 Å². The van der Waals surface area contributed by atoms with Gasteiger partial charge in [-0.3, -0.25) is 9.69 Å². The first-order valence-corrected chi connectivity index (χ1v) is 9.59. The Morgan fingerprint density at radius 2 is 1.96 bits per heavy atom. The summed E-state index contributed by atoms with van der Waals surface area (Å²) in [7, 11) is 0. The average Bonchev–Trinajstić information content (AvgIpc) is 3.34. The molecule has 1 aromatic carbocycles. The predicted molar refractivity (Wildman–Crippen MR) is 103 cm³/mol. The van der Waals surface area contributed by atoms with Crippen LogP contribution in [-0.4, -0.2) is 49.1 Å². The number of carbonyl (C=O) groups excluding carboxylic acids is 1. The number of likely N-dealkylation sites (tertiary alicyclic amines) is 1. The molecule has 2 aliphatic heterocycles. The van der Waals surface area contributed by atoms with Crippen molar-refractivity contribution in [1.82, 2.24) is 10.2 Å². The molecule has 1 aromatic heterocycles. The van der Waals surface area contributed by atoms with Crippen molar-refractivity contribution in [3.05, 3.63) is 42.7 Å². The van der Waals surface area contributed by atoms with E-state index in [-0.39, 0.29) is 5.91 Å². The molecule has 2 fully saturated rings. The molecular formula is C21H27N3O2. The van der Waals surface area contributed by atoms with E-state index in [1.807, 2.05) is 12.1 Å². The van der Waals surface area contributed by atoms with Crippen molar-refractivity contribution in [2.75, 3.05) is 31.1 Å². The van der Waals surface area contributed by atoms with Gasteiger partial charge in [0.25, 0.3) is 0 Å². The molecule has 0 aliphatic carbocycles. The fraction of sp³-hybridized carbons (Fsp3) is 0.476. The number of anilines is 1. The summed E-state index contributed by atoms with van der Waals surface area (Å²) < 4.78 is 5.53. The Morgan fingerprint density at radius 3 is 2.69 bits per heavy atom. The van der Waals surface area contributed by atoms with Gasteiger partial charge >= 0.3 is 0 Å². The fourth-order valence-electron chi connectivity index (χ4n) is 4.31. The number of piperidine rings is 1. The Bertz CT molecular complexity index is 735. The molecule has 138 valence electrons. The second kappa shape index (κ2) is 7.54. The lowest BCUT2D eigenvalue weighted by Crippen LogP contribution is -2.45. The number of furan rings is 1. The van der Waals surface area contributed by atoms with E-state index in [1.165, 1.54) is 18.5 Å². The summed E-state index contributed by atoms with van der Waals surface area (Å²) in [6, 6.07) is 13.5. The molecular weight excluding hydrogens is 326 g/mol. The van der Waals surface area contributed by atoms with Crippen molar-refractivity contribution in [2.24, 2.45) is 0 Å². The highest BCUT2D eigenvalue weighted by atomic mass is 16.3. The van der Waals surface area contributed by atoms with Crippen LogP contribution in [0.25, 0.3) is 11.3 Å². The first kappa shape index (κ1) is 17.2. The molecule has 2 aromatic rings. The average molecular weight is 353 g/mol. The second-order valence-corrected chi connectivity index (χ2v) is 7.43. The van der Waals surface area contributed by atoms with E-state index in [0.29, 0.717) is 12.1 Å². The molecule has 26 heavy (non-hydrogen) atoms. The summed E-state index contributed by atoms with van der Waals surface area (Å²) >= 11 is 0. The van der Waals surface area contributed by atoms with E-state index in [0.717, 1.165) is 43.9 Å².